The second kappa shape index (κ2) is 7.20. The van der Waals surface area contributed by atoms with Crippen molar-refractivity contribution in [3.8, 4) is 0 Å². The van der Waals surface area contributed by atoms with Gasteiger partial charge >= 0.3 is 5.97 Å². The van der Waals surface area contributed by atoms with Crippen LogP contribution in [0.15, 0.2) is 18.2 Å². The molecule has 6 heteroatoms. The van der Waals surface area contributed by atoms with Gasteiger partial charge < -0.3 is 9.64 Å². The third-order valence-electron chi connectivity index (χ3n) is 5.29. The van der Waals surface area contributed by atoms with Gasteiger partial charge in [-0.2, -0.15) is 0 Å². The van der Waals surface area contributed by atoms with Crippen LogP contribution in [-0.4, -0.2) is 30.1 Å². The van der Waals surface area contributed by atoms with Gasteiger partial charge in [-0.15, -0.1) is 0 Å². The van der Waals surface area contributed by atoms with Crippen LogP contribution in [0.2, 0.25) is 0 Å². The minimum atomic E-state index is -0.342. The van der Waals surface area contributed by atoms with Crippen LogP contribution in [0.1, 0.15) is 50.5 Å². The number of carbonyl (C=O) groups excluding carboxylic acids is 1. The number of ether oxygens (including phenoxy) is 1. The highest BCUT2D eigenvalue weighted by Crippen LogP contribution is 2.39. The lowest BCUT2D eigenvalue weighted by molar-refractivity contribution is -0.384. The summed E-state index contributed by atoms with van der Waals surface area (Å²) in [6.45, 7) is 0. The standard InChI is InChI=1S/C18H24N2O4/c1-24-18(21)12-15-8-7-13-11-16(20(22)23)9-10-17(13)19(15)14-5-3-2-4-6-14/h9-11,14-15H,2-8,12H2,1H3/t15-/m0/s1. The molecule has 0 N–H and O–H groups in total. The van der Waals surface area contributed by atoms with Crippen LogP contribution in [0.25, 0.3) is 0 Å². The Bertz CT molecular complexity index is 625. The number of anilines is 1. The molecule has 1 aliphatic heterocycles. The van der Waals surface area contributed by atoms with E-state index in [9.17, 15) is 14.9 Å². The quantitative estimate of drug-likeness (QED) is 0.478. The van der Waals surface area contributed by atoms with Crippen LogP contribution in [0, 0.1) is 10.1 Å². The van der Waals surface area contributed by atoms with Crippen LogP contribution >= 0.6 is 0 Å². The third-order valence-corrected chi connectivity index (χ3v) is 5.29. The van der Waals surface area contributed by atoms with Gasteiger partial charge in [0, 0.05) is 29.9 Å². The average molecular weight is 332 g/mol. The fourth-order valence-electron chi connectivity index (χ4n) is 4.13. The van der Waals surface area contributed by atoms with Crippen molar-refractivity contribution < 1.29 is 14.5 Å². The first-order valence-electron chi connectivity index (χ1n) is 8.72. The van der Waals surface area contributed by atoms with E-state index in [-0.39, 0.29) is 22.6 Å². The second-order valence-corrected chi connectivity index (χ2v) is 6.74. The lowest BCUT2D eigenvalue weighted by atomic mass is 9.87. The Balaban J connectivity index is 1.93. The highest BCUT2D eigenvalue weighted by molar-refractivity contribution is 5.72. The van der Waals surface area contributed by atoms with Gasteiger partial charge in [-0.05, 0) is 37.3 Å². The molecule has 2 aliphatic rings. The molecule has 24 heavy (non-hydrogen) atoms. The maximum absolute atomic E-state index is 11.8. The summed E-state index contributed by atoms with van der Waals surface area (Å²) in [5.41, 5.74) is 2.23. The van der Waals surface area contributed by atoms with Gasteiger partial charge in [-0.1, -0.05) is 19.3 Å². The molecule has 6 nitrogen and oxygen atoms in total. The molecule has 0 radical (unpaired) electrons. The highest BCUT2D eigenvalue weighted by Gasteiger charge is 2.34. The molecule has 1 heterocycles. The molecule has 1 aliphatic carbocycles. The van der Waals surface area contributed by atoms with Crippen molar-refractivity contribution in [2.24, 2.45) is 0 Å². The van der Waals surface area contributed by atoms with E-state index in [4.69, 9.17) is 4.74 Å². The summed E-state index contributed by atoms with van der Waals surface area (Å²) in [4.78, 5) is 24.9. The second-order valence-electron chi connectivity index (χ2n) is 6.74. The zero-order chi connectivity index (χ0) is 17.1. The first-order valence-corrected chi connectivity index (χ1v) is 8.72. The monoisotopic (exact) mass is 332 g/mol. The fraction of sp³-hybridized carbons (Fsp3) is 0.611. The molecule has 1 aromatic carbocycles. The number of carbonyl (C=O) groups is 1. The Hall–Kier alpha value is -2.11. The van der Waals surface area contributed by atoms with Gasteiger partial charge in [0.2, 0.25) is 0 Å². The van der Waals surface area contributed by atoms with Crippen molar-refractivity contribution in [1.82, 2.24) is 0 Å². The van der Waals surface area contributed by atoms with Crippen molar-refractivity contribution in [2.45, 2.75) is 63.5 Å². The van der Waals surface area contributed by atoms with Crippen molar-refractivity contribution >= 4 is 17.3 Å². The SMILES string of the molecule is COC(=O)C[C@@H]1CCc2cc([N+](=O)[O-])ccc2N1C1CCCCC1. The Morgan fingerprint density at radius 3 is 2.71 bits per heavy atom. The number of hydrogen-bond acceptors (Lipinski definition) is 5. The van der Waals surface area contributed by atoms with Crippen molar-refractivity contribution in [3.05, 3.63) is 33.9 Å². The first kappa shape index (κ1) is 16.7. The Morgan fingerprint density at radius 1 is 1.29 bits per heavy atom. The molecular weight excluding hydrogens is 308 g/mol. The van der Waals surface area contributed by atoms with E-state index in [1.165, 1.54) is 26.4 Å². The largest absolute Gasteiger partial charge is 0.469 e. The molecule has 1 fully saturated rings. The summed E-state index contributed by atoms with van der Waals surface area (Å²) in [6.07, 6.45) is 7.88. The lowest BCUT2D eigenvalue weighted by Crippen LogP contribution is -2.48. The smallest absolute Gasteiger partial charge is 0.307 e. The topological polar surface area (TPSA) is 72.7 Å². The number of hydrogen-bond donors (Lipinski definition) is 0. The third kappa shape index (κ3) is 3.37. The summed E-state index contributed by atoms with van der Waals surface area (Å²) in [6, 6.07) is 5.67. The number of esters is 1. The first-order chi connectivity index (χ1) is 11.6. The van der Waals surface area contributed by atoms with E-state index in [1.54, 1.807) is 12.1 Å². The number of rotatable bonds is 4. The number of non-ortho nitro benzene ring substituents is 1. The summed E-state index contributed by atoms with van der Waals surface area (Å²) in [5.74, 6) is -0.189. The van der Waals surface area contributed by atoms with Gasteiger partial charge in [-0.3, -0.25) is 14.9 Å². The van der Waals surface area contributed by atoms with Crippen LogP contribution in [0.5, 0.6) is 0 Å². The van der Waals surface area contributed by atoms with Crippen molar-refractivity contribution in [2.75, 3.05) is 12.0 Å². The van der Waals surface area contributed by atoms with E-state index in [0.717, 1.165) is 36.9 Å². The zero-order valence-electron chi connectivity index (χ0n) is 14.1. The summed E-state index contributed by atoms with van der Waals surface area (Å²) in [5, 5.41) is 11.0. The van der Waals surface area contributed by atoms with Gasteiger partial charge in [0.1, 0.15) is 0 Å². The van der Waals surface area contributed by atoms with E-state index < -0.39 is 0 Å². The Morgan fingerprint density at radius 2 is 2.04 bits per heavy atom. The number of methoxy groups -OCH3 is 1. The predicted molar refractivity (Wildman–Crippen MR) is 91.2 cm³/mol. The minimum Gasteiger partial charge on any atom is -0.469 e. The zero-order valence-corrected chi connectivity index (χ0v) is 14.1. The number of nitrogens with zero attached hydrogens (tertiary/aromatic N) is 2. The minimum absolute atomic E-state index is 0.120. The number of nitro groups is 1. The maximum atomic E-state index is 11.8. The molecular formula is C18H24N2O4. The maximum Gasteiger partial charge on any atom is 0.307 e. The van der Waals surface area contributed by atoms with Gasteiger partial charge in [-0.25, -0.2) is 0 Å². The average Bonchev–Trinajstić information content (AvgIpc) is 2.61. The molecule has 0 amide bonds. The fourth-order valence-corrected chi connectivity index (χ4v) is 4.13. The number of benzene rings is 1. The van der Waals surface area contributed by atoms with Gasteiger partial charge in [0.05, 0.1) is 18.5 Å². The van der Waals surface area contributed by atoms with Crippen LogP contribution < -0.4 is 4.90 Å². The Kier molecular flexibility index (Phi) is 5.02. The molecule has 1 atom stereocenters. The number of aryl methyl sites for hydroxylation is 1. The summed E-state index contributed by atoms with van der Waals surface area (Å²) < 4.78 is 4.87. The van der Waals surface area contributed by atoms with Crippen LogP contribution in [0.3, 0.4) is 0 Å². The number of fused-ring (bicyclic) bond motifs is 1. The molecule has 0 unspecified atom stereocenters. The van der Waals surface area contributed by atoms with Crippen LogP contribution in [0.4, 0.5) is 11.4 Å². The molecule has 0 saturated heterocycles. The lowest BCUT2D eigenvalue weighted by Gasteiger charge is -2.45. The summed E-state index contributed by atoms with van der Waals surface area (Å²) in [7, 11) is 1.42. The van der Waals surface area contributed by atoms with Crippen molar-refractivity contribution in [1.29, 1.82) is 0 Å². The van der Waals surface area contributed by atoms with E-state index >= 15 is 0 Å². The van der Waals surface area contributed by atoms with Crippen molar-refractivity contribution in [3.63, 3.8) is 0 Å². The highest BCUT2D eigenvalue weighted by atomic mass is 16.6. The molecule has 0 bridgehead atoms. The molecule has 3 rings (SSSR count). The molecule has 0 aromatic heterocycles. The number of nitro benzene ring substituents is 1. The summed E-state index contributed by atoms with van der Waals surface area (Å²) >= 11 is 0. The van der Waals surface area contributed by atoms with Gasteiger partial charge in [0.25, 0.3) is 5.69 Å². The van der Waals surface area contributed by atoms with E-state index in [1.807, 2.05) is 6.07 Å². The molecule has 1 saturated carbocycles. The van der Waals surface area contributed by atoms with E-state index in [0.29, 0.717) is 12.5 Å². The Labute approximate surface area is 141 Å². The van der Waals surface area contributed by atoms with Gasteiger partial charge in [0.15, 0.2) is 0 Å². The predicted octanol–water partition coefficient (Wildman–Crippen LogP) is 3.61. The molecule has 1 aromatic rings. The molecule has 130 valence electrons. The molecule has 0 spiro atoms. The van der Waals surface area contributed by atoms with E-state index in [2.05, 4.69) is 4.90 Å². The van der Waals surface area contributed by atoms with Crippen LogP contribution in [-0.2, 0) is 16.0 Å². The normalized spacial score (nSPS) is 21.2.